The van der Waals surface area contributed by atoms with Gasteiger partial charge in [-0.1, -0.05) is 24.3 Å². The highest BCUT2D eigenvalue weighted by Crippen LogP contribution is 2.16. The Morgan fingerprint density at radius 3 is 2.71 bits per heavy atom. The average Bonchev–Trinajstić information content (AvgIpc) is 2.90. The molecule has 1 aromatic heterocycles. The van der Waals surface area contributed by atoms with Crippen molar-refractivity contribution in [2.75, 3.05) is 6.54 Å². The molecular formula is C16H13BrN2O2. The minimum Gasteiger partial charge on any atom is -0.441 e. The first kappa shape index (κ1) is 13.8. The molecule has 0 atom stereocenters. The summed E-state index contributed by atoms with van der Waals surface area (Å²) in [6.45, 7) is 0.479. The number of amides is 1. The highest BCUT2D eigenvalue weighted by molar-refractivity contribution is 9.10. The van der Waals surface area contributed by atoms with E-state index in [0.29, 0.717) is 24.4 Å². The Hall–Kier alpha value is -2.14. The van der Waals surface area contributed by atoms with E-state index in [2.05, 4.69) is 26.2 Å². The molecule has 3 rings (SSSR count). The number of rotatable bonds is 4. The number of oxazole rings is 1. The molecule has 4 nitrogen and oxygen atoms in total. The number of carbonyl (C=O) groups is 1. The van der Waals surface area contributed by atoms with E-state index in [1.165, 1.54) is 0 Å². The third-order valence-electron chi connectivity index (χ3n) is 3.08. The first-order chi connectivity index (χ1) is 10.2. The highest BCUT2D eigenvalue weighted by Gasteiger charge is 2.09. The summed E-state index contributed by atoms with van der Waals surface area (Å²) < 4.78 is 6.39. The largest absolute Gasteiger partial charge is 0.441 e. The van der Waals surface area contributed by atoms with Crippen molar-refractivity contribution in [2.45, 2.75) is 6.42 Å². The summed E-state index contributed by atoms with van der Waals surface area (Å²) in [5.74, 6) is 0.516. The molecule has 0 spiro atoms. The number of hydrogen-bond donors (Lipinski definition) is 1. The van der Waals surface area contributed by atoms with Crippen LogP contribution in [-0.2, 0) is 6.42 Å². The first-order valence-corrected chi connectivity index (χ1v) is 7.40. The SMILES string of the molecule is O=C(NCCc1nc2ccccc2o1)c1ccccc1Br. The van der Waals surface area contributed by atoms with Crippen molar-refractivity contribution in [3.63, 3.8) is 0 Å². The first-order valence-electron chi connectivity index (χ1n) is 6.61. The molecule has 0 bridgehead atoms. The Labute approximate surface area is 130 Å². The van der Waals surface area contributed by atoms with Gasteiger partial charge in [0.2, 0.25) is 0 Å². The molecule has 1 heterocycles. The molecule has 1 amide bonds. The van der Waals surface area contributed by atoms with Gasteiger partial charge in [0.15, 0.2) is 11.5 Å². The zero-order valence-electron chi connectivity index (χ0n) is 11.2. The van der Waals surface area contributed by atoms with E-state index in [9.17, 15) is 4.79 Å². The predicted molar refractivity (Wildman–Crippen MR) is 84.2 cm³/mol. The molecule has 2 aromatic carbocycles. The molecule has 3 aromatic rings. The fraction of sp³-hybridized carbons (Fsp3) is 0.125. The number of nitrogens with one attached hydrogen (secondary N) is 1. The summed E-state index contributed by atoms with van der Waals surface area (Å²) in [4.78, 5) is 16.4. The maximum atomic E-state index is 12.0. The lowest BCUT2D eigenvalue weighted by Crippen LogP contribution is -2.26. The van der Waals surface area contributed by atoms with Gasteiger partial charge in [-0.05, 0) is 40.2 Å². The number of benzene rings is 2. The Morgan fingerprint density at radius 2 is 1.90 bits per heavy atom. The predicted octanol–water partition coefficient (Wildman–Crippen LogP) is 3.56. The van der Waals surface area contributed by atoms with Gasteiger partial charge >= 0.3 is 0 Å². The van der Waals surface area contributed by atoms with Gasteiger partial charge in [-0.3, -0.25) is 4.79 Å². The van der Waals surface area contributed by atoms with Gasteiger partial charge in [0.1, 0.15) is 5.52 Å². The number of fused-ring (bicyclic) bond motifs is 1. The van der Waals surface area contributed by atoms with Crippen LogP contribution in [0.25, 0.3) is 11.1 Å². The van der Waals surface area contributed by atoms with Crippen LogP contribution in [0.4, 0.5) is 0 Å². The van der Waals surface area contributed by atoms with Gasteiger partial charge in [0, 0.05) is 17.4 Å². The molecule has 0 saturated carbocycles. The second-order valence-corrected chi connectivity index (χ2v) is 5.42. The third kappa shape index (κ3) is 3.13. The Bertz CT molecular complexity index is 750. The minimum absolute atomic E-state index is 0.112. The molecule has 1 N–H and O–H groups in total. The molecule has 0 unspecified atom stereocenters. The van der Waals surface area contributed by atoms with Gasteiger partial charge < -0.3 is 9.73 Å². The van der Waals surface area contributed by atoms with E-state index < -0.39 is 0 Å². The number of carbonyl (C=O) groups excluding carboxylic acids is 1. The van der Waals surface area contributed by atoms with Crippen LogP contribution in [0.1, 0.15) is 16.2 Å². The van der Waals surface area contributed by atoms with Crippen molar-refractivity contribution < 1.29 is 9.21 Å². The Morgan fingerprint density at radius 1 is 1.14 bits per heavy atom. The summed E-state index contributed by atoms with van der Waals surface area (Å²) in [5.41, 5.74) is 2.23. The summed E-state index contributed by atoms with van der Waals surface area (Å²) in [7, 11) is 0. The van der Waals surface area contributed by atoms with Gasteiger partial charge in [-0.15, -0.1) is 0 Å². The molecule has 5 heteroatoms. The van der Waals surface area contributed by atoms with E-state index in [1.807, 2.05) is 42.5 Å². The van der Waals surface area contributed by atoms with Crippen LogP contribution in [0, 0.1) is 0 Å². The maximum Gasteiger partial charge on any atom is 0.252 e. The summed E-state index contributed by atoms with van der Waals surface area (Å²) in [6.07, 6.45) is 0.560. The lowest BCUT2D eigenvalue weighted by Gasteiger charge is -2.05. The standard InChI is InChI=1S/C16H13BrN2O2/c17-12-6-2-1-5-11(12)16(20)18-10-9-15-19-13-7-3-4-8-14(13)21-15/h1-8H,9-10H2,(H,18,20). The van der Waals surface area contributed by atoms with Crippen LogP contribution in [0.5, 0.6) is 0 Å². The van der Waals surface area contributed by atoms with E-state index in [0.717, 1.165) is 15.6 Å². The van der Waals surface area contributed by atoms with E-state index in [-0.39, 0.29) is 5.91 Å². The van der Waals surface area contributed by atoms with Gasteiger partial charge in [-0.25, -0.2) is 4.98 Å². The third-order valence-corrected chi connectivity index (χ3v) is 3.77. The number of para-hydroxylation sites is 2. The zero-order valence-corrected chi connectivity index (χ0v) is 12.8. The van der Waals surface area contributed by atoms with E-state index in [4.69, 9.17) is 4.42 Å². The normalized spacial score (nSPS) is 10.7. The van der Waals surface area contributed by atoms with Gasteiger partial charge in [-0.2, -0.15) is 0 Å². The highest BCUT2D eigenvalue weighted by atomic mass is 79.9. The van der Waals surface area contributed by atoms with Crippen molar-refractivity contribution in [1.82, 2.24) is 10.3 Å². The minimum atomic E-state index is -0.112. The monoisotopic (exact) mass is 344 g/mol. The lowest BCUT2D eigenvalue weighted by atomic mass is 10.2. The van der Waals surface area contributed by atoms with Crippen molar-refractivity contribution in [2.24, 2.45) is 0 Å². The maximum absolute atomic E-state index is 12.0. The van der Waals surface area contributed by atoms with Crippen molar-refractivity contribution in [3.05, 3.63) is 64.5 Å². The molecule has 0 aliphatic carbocycles. The van der Waals surface area contributed by atoms with Crippen molar-refractivity contribution in [1.29, 1.82) is 0 Å². The molecule has 21 heavy (non-hydrogen) atoms. The van der Waals surface area contributed by atoms with Crippen LogP contribution in [0.3, 0.4) is 0 Å². The van der Waals surface area contributed by atoms with Crippen LogP contribution in [0.2, 0.25) is 0 Å². The number of aromatic nitrogens is 1. The molecule has 0 fully saturated rings. The van der Waals surface area contributed by atoms with Crippen molar-refractivity contribution in [3.8, 4) is 0 Å². The summed E-state index contributed by atoms with van der Waals surface area (Å²) in [6, 6.07) is 14.9. The Balaban J connectivity index is 1.61. The number of nitrogens with zero attached hydrogens (tertiary/aromatic N) is 1. The van der Waals surface area contributed by atoms with Gasteiger partial charge in [0.25, 0.3) is 5.91 Å². The smallest absolute Gasteiger partial charge is 0.252 e. The van der Waals surface area contributed by atoms with Crippen LogP contribution >= 0.6 is 15.9 Å². The summed E-state index contributed by atoms with van der Waals surface area (Å²) >= 11 is 3.37. The number of hydrogen-bond acceptors (Lipinski definition) is 3. The average molecular weight is 345 g/mol. The molecule has 0 saturated heterocycles. The molecular weight excluding hydrogens is 332 g/mol. The molecule has 0 aliphatic heterocycles. The molecule has 106 valence electrons. The zero-order chi connectivity index (χ0) is 14.7. The van der Waals surface area contributed by atoms with Crippen LogP contribution in [-0.4, -0.2) is 17.4 Å². The second kappa shape index (κ2) is 6.10. The fourth-order valence-electron chi connectivity index (χ4n) is 2.05. The van der Waals surface area contributed by atoms with Gasteiger partial charge in [0.05, 0.1) is 5.56 Å². The Kier molecular flexibility index (Phi) is 4.01. The molecule has 0 aliphatic rings. The number of halogens is 1. The van der Waals surface area contributed by atoms with Crippen molar-refractivity contribution >= 4 is 32.9 Å². The van der Waals surface area contributed by atoms with E-state index >= 15 is 0 Å². The van der Waals surface area contributed by atoms with E-state index in [1.54, 1.807) is 6.07 Å². The topological polar surface area (TPSA) is 55.1 Å². The quantitative estimate of drug-likeness (QED) is 0.787. The molecule has 0 radical (unpaired) electrons. The van der Waals surface area contributed by atoms with Crippen LogP contribution in [0.15, 0.2) is 57.4 Å². The van der Waals surface area contributed by atoms with Crippen LogP contribution < -0.4 is 5.32 Å². The summed E-state index contributed by atoms with van der Waals surface area (Å²) in [5, 5.41) is 2.86. The fourth-order valence-corrected chi connectivity index (χ4v) is 2.52. The second-order valence-electron chi connectivity index (χ2n) is 4.56. The lowest BCUT2D eigenvalue weighted by molar-refractivity contribution is 0.0953.